The lowest BCUT2D eigenvalue weighted by molar-refractivity contribution is -0.870. The Morgan fingerprint density at radius 3 is 1.29 bits per heavy atom. The first kappa shape index (κ1) is 42.0. The van der Waals surface area contributed by atoms with Gasteiger partial charge in [-0.05, 0) is 6.42 Å². The van der Waals surface area contributed by atoms with Crippen molar-refractivity contribution in [1.29, 1.82) is 0 Å². The van der Waals surface area contributed by atoms with Gasteiger partial charge in [0.05, 0.1) is 34.4 Å². The highest BCUT2D eigenvalue weighted by Crippen LogP contribution is 2.38. The highest BCUT2D eigenvalue weighted by atomic mass is 31.2. The van der Waals surface area contributed by atoms with Crippen molar-refractivity contribution in [3.05, 3.63) is 0 Å². The predicted molar refractivity (Wildman–Crippen MR) is 176 cm³/mol. The molecule has 0 aliphatic heterocycles. The van der Waals surface area contributed by atoms with Crippen LogP contribution >= 0.6 is 7.82 Å². The Hall–Kier alpha value is -0.0100. The van der Waals surface area contributed by atoms with Crippen LogP contribution < -0.4 is 4.89 Å². The molecule has 0 saturated heterocycles. The van der Waals surface area contributed by atoms with Gasteiger partial charge in [-0.2, -0.15) is 0 Å². The molecule has 0 radical (unpaired) electrons. The molecule has 0 spiro atoms. The molecular formula is C34H72NO6P. The fourth-order valence-corrected chi connectivity index (χ4v) is 5.83. The summed E-state index contributed by atoms with van der Waals surface area (Å²) in [7, 11) is 1.49. The van der Waals surface area contributed by atoms with Gasteiger partial charge in [0.2, 0.25) is 0 Å². The normalized spacial score (nSPS) is 14.3. The molecule has 1 N–H and O–H groups in total. The van der Waals surface area contributed by atoms with Gasteiger partial charge in [-0.25, -0.2) is 0 Å². The van der Waals surface area contributed by atoms with E-state index >= 15 is 0 Å². The van der Waals surface area contributed by atoms with Crippen molar-refractivity contribution < 1.29 is 32.8 Å². The summed E-state index contributed by atoms with van der Waals surface area (Å²) in [6, 6.07) is 0. The zero-order valence-electron chi connectivity index (χ0n) is 28.5. The van der Waals surface area contributed by atoms with Crippen LogP contribution in [0.1, 0.15) is 161 Å². The molecule has 0 amide bonds. The number of hydrogen-bond acceptors (Lipinski definition) is 6. The molecule has 0 saturated carbocycles. The molecule has 0 aromatic heterocycles. The summed E-state index contributed by atoms with van der Waals surface area (Å²) in [5, 5.41) is 9.45. The summed E-state index contributed by atoms with van der Waals surface area (Å²) in [6.07, 6.45) is 32.1. The molecule has 8 heteroatoms. The second-order valence-corrected chi connectivity index (χ2v) is 14.8. The summed E-state index contributed by atoms with van der Waals surface area (Å²) in [5.74, 6) is 0. The van der Waals surface area contributed by atoms with Crippen molar-refractivity contribution in [2.45, 2.75) is 167 Å². The SMILES string of the molecule is CCCCCCCCCCCCCCCCCCCCCCCCCCO[C@H](CO)COP(=O)([O-])OCC[N+](C)(C)C. The number of phosphoric acid groups is 1. The molecule has 0 fully saturated rings. The van der Waals surface area contributed by atoms with Crippen LogP contribution in [0.3, 0.4) is 0 Å². The van der Waals surface area contributed by atoms with Gasteiger partial charge < -0.3 is 28.3 Å². The first-order valence-corrected chi connectivity index (χ1v) is 19.3. The van der Waals surface area contributed by atoms with E-state index in [9.17, 15) is 14.6 Å². The molecule has 0 aromatic rings. The molecule has 0 aliphatic rings. The smallest absolute Gasteiger partial charge is 0.268 e. The monoisotopic (exact) mass is 622 g/mol. The third kappa shape index (κ3) is 32.9. The van der Waals surface area contributed by atoms with E-state index in [-0.39, 0.29) is 19.8 Å². The van der Waals surface area contributed by atoms with Crippen molar-refractivity contribution in [2.24, 2.45) is 0 Å². The Labute approximate surface area is 261 Å². The van der Waals surface area contributed by atoms with Crippen molar-refractivity contribution >= 4 is 7.82 Å². The highest BCUT2D eigenvalue weighted by Gasteiger charge is 2.16. The highest BCUT2D eigenvalue weighted by molar-refractivity contribution is 7.45. The van der Waals surface area contributed by atoms with Gasteiger partial charge in [0.15, 0.2) is 0 Å². The molecule has 0 heterocycles. The number of rotatable bonds is 34. The largest absolute Gasteiger partial charge is 0.756 e. The van der Waals surface area contributed by atoms with Crippen LogP contribution in [0.2, 0.25) is 0 Å². The van der Waals surface area contributed by atoms with Crippen LogP contribution in [-0.2, 0) is 18.3 Å². The van der Waals surface area contributed by atoms with Crippen LogP contribution in [0.4, 0.5) is 0 Å². The average molecular weight is 622 g/mol. The first-order chi connectivity index (χ1) is 20.2. The lowest BCUT2D eigenvalue weighted by Gasteiger charge is -2.28. The molecule has 2 atom stereocenters. The topological polar surface area (TPSA) is 88.0 Å². The first-order valence-electron chi connectivity index (χ1n) is 17.8. The lowest BCUT2D eigenvalue weighted by atomic mass is 10.0. The van der Waals surface area contributed by atoms with Gasteiger partial charge in [-0.1, -0.05) is 155 Å². The molecular weight excluding hydrogens is 549 g/mol. The van der Waals surface area contributed by atoms with Gasteiger partial charge in [0, 0.05) is 6.61 Å². The van der Waals surface area contributed by atoms with E-state index in [1.807, 2.05) is 21.1 Å². The number of unbranched alkanes of at least 4 members (excludes halogenated alkanes) is 23. The van der Waals surface area contributed by atoms with Gasteiger partial charge in [-0.3, -0.25) is 4.57 Å². The van der Waals surface area contributed by atoms with E-state index in [4.69, 9.17) is 13.8 Å². The predicted octanol–water partition coefficient (Wildman–Crippen LogP) is 8.95. The quantitative estimate of drug-likeness (QED) is 0.0438. The van der Waals surface area contributed by atoms with Crippen LogP contribution in [0.15, 0.2) is 0 Å². The van der Waals surface area contributed by atoms with Crippen LogP contribution in [0.25, 0.3) is 0 Å². The minimum atomic E-state index is -4.38. The van der Waals surface area contributed by atoms with Crippen molar-refractivity contribution in [1.82, 2.24) is 0 Å². The molecule has 0 aromatic carbocycles. The number of aliphatic hydroxyl groups is 1. The van der Waals surface area contributed by atoms with Crippen molar-refractivity contribution in [2.75, 3.05) is 54.1 Å². The fraction of sp³-hybridized carbons (Fsp3) is 1.00. The van der Waals surface area contributed by atoms with Crippen LogP contribution in [0.5, 0.6) is 0 Å². The Kier molecular flexibility index (Phi) is 29.7. The Balaban J connectivity index is 3.37. The summed E-state index contributed by atoms with van der Waals surface area (Å²) in [4.78, 5) is 11.9. The van der Waals surface area contributed by atoms with E-state index in [1.165, 1.54) is 141 Å². The van der Waals surface area contributed by atoms with E-state index < -0.39 is 13.9 Å². The van der Waals surface area contributed by atoms with E-state index in [2.05, 4.69) is 6.92 Å². The second kappa shape index (κ2) is 29.7. The number of aliphatic hydroxyl groups excluding tert-OH is 1. The second-order valence-electron chi connectivity index (χ2n) is 13.4. The Morgan fingerprint density at radius 2 is 0.952 bits per heavy atom. The van der Waals surface area contributed by atoms with Gasteiger partial charge in [0.25, 0.3) is 7.82 Å². The fourth-order valence-electron chi connectivity index (χ4n) is 5.11. The molecule has 42 heavy (non-hydrogen) atoms. The molecule has 1 unspecified atom stereocenters. The van der Waals surface area contributed by atoms with Gasteiger partial charge >= 0.3 is 0 Å². The van der Waals surface area contributed by atoms with Crippen molar-refractivity contribution in [3.63, 3.8) is 0 Å². The number of likely N-dealkylation sites (N-methyl/N-ethyl adjacent to an activating group) is 1. The maximum atomic E-state index is 11.9. The third-order valence-electron chi connectivity index (χ3n) is 7.99. The third-order valence-corrected chi connectivity index (χ3v) is 8.95. The van der Waals surface area contributed by atoms with E-state index in [0.29, 0.717) is 17.6 Å². The summed E-state index contributed by atoms with van der Waals surface area (Å²) in [6.45, 7) is 2.90. The molecule has 254 valence electrons. The standard InChI is InChI=1S/C34H72NO6P/c1-5-6-7-8-9-10-11-12-13-14-15-16-17-18-19-20-21-22-23-24-25-26-27-28-30-39-34(32-36)33-41-42(37,38)40-31-29-35(2,3)4/h34,36H,5-33H2,1-4H3/t34-/m1/s1. The van der Waals surface area contributed by atoms with E-state index in [1.54, 1.807) is 0 Å². The Bertz CT molecular complexity index is 601. The zero-order chi connectivity index (χ0) is 31.2. The number of ether oxygens (including phenoxy) is 1. The van der Waals surface area contributed by atoms with Gasteiger partial charge in [-0.15, -0.1) is 0 Å². The molecule has 0 aliphatic carbocycles. The Morgan fingerprint density at radius 1 is 0.595 bits per heavy atom. The van der Waals surface area contributed by atoms with E-state index in [0.717, 1.165) is 12.8 Å². The number of quaternary nitrogens is 1. The molecule has 0 rings (SSSR count). The molecule has 0 bridgehead atoms. The number of hydrogen-bond donors (Lipinski definition) is 1. The molecule has 7 nitrogen and oxygen atoms in total. The van der Waals surface area contributed by atoms with Crippen LogP contribution in [-0.4, -0.2) is 69.8 Å². The minimum absolute atomic E-state index is 0.0640. The summed E-state index contributed by atoms with van der Waals surface area (Å²) in [5.41, 5.74) is 0. The summed E-state index contributed by atoms with van der Waals surface area (Å²) >= 11 is 0. The average Bonchev–Trinajstić information content (AvgIpc) is 2.93. The number of phosphoric ester groups is 1. The minimum Gasteiger partial charge on any atom is -0.756 e. The maximum absolute atomic E-state index is 11.9. The number of nitrogens with zero attached hydrogens (tertiary/aromatic N) is 1. The summed E-state index contributed by atoms with van der Waals surface area (Å²) < 4.78 is 27.8. The van der Waals surface area contributed by atoms with Crippen molar-refractivity contribution in [3.8, 4) is 0 Å². The lowest BCUT2D eigenvalue weighted by Crippen LogP contribution is -2.37. The van der Waals surface area contributed by atoms with Gasteiger partial charge in [0.1, 0.15) is 19.3 Å². The zero-order valence-corrected chi connectivity index (χ0v) is 29.4. The maximum Gasteiger partial charge on any atom is 0.268 e. The van der Waals surface area contributed by atoms with Crippen LogP contribution in [0, 0.1) is 0 Å².